The second kappa shape index (κ2) is 4.97. The van der Waals surface area contributed by atoms with Crippen LogP contribution in [-0.2, 0) is 6.18 Å². The quantitative estimate of drug-likeness (QED) is 0.818. The first kappa shape index (κ1) is 13.5. The second-order valence-corrected chi connectivity index (χ2v) is 4.83. The van der Waals surface area contributed by atoms with E-state index in [0.717, 1.165) is 25.5 Å². The summed E-state index contributed by atoms with van der Waals surface area (Å²) in [4.78, 5) is 0. The Hall–Kier alpha value is -0.940. The summed E-state index contributed by atoms with van der Waals surface area (Å²) in [5.41, 5.74) is -0.841. The van der Waals surface area contributed by atoms with Gasteiger partial charge in [0.25, 0.3) is 0 Å². The van der Waals surface area contributed by atoms with Crippen molar-refractivity contribution < 1.29 is 18.3 Å². The summed E-state index contributed by atoms with van der Waals surface area (Å²) < 4.78 is 38.2. The number of phenols is 1. The fourth-order valence-corrected chi connectivity index (χ4v) is 2.45. The van der Waals surface area contributed by atoms with Crippen LogP contribution in [0.15, 0.2) is 12.1 Å². The number of piperidine rings is 1. The van der Waals surface area contributed by atoms with Gasteiger partial charge in [-0.2, -0.15) is 13.2 Å². The van der Waals surface area contributed by atoms with E-state index < -0.39 is 17.5 Å². The smallest absolute Gasteiger partial charge is 0.420 e. The van der Waals surface area contributed by atoms with E-state index in [1.54, 1.807) is 0 Å². The van der Waals surface area contributed by atoms with Gasteiger partial charge in [0, 0.05) is 16.6 Å². The van der Waals surface area contributed by atoms with Crippen LogP contribution in [0.5, 0.6) is 5.75 Å². The monoisotopic (exact) mass is 279 g/mol. The number of nitrogens with one attached hydrogen (secondary N) is 1. The lowest BCUT2D eigenvalue weighted by Crippen LogP contribution is -2.27. The molecule has 1 aromatic rings. The van der Waals surface area contributed by atoms with E-state index >= 15 is 0 Å². The molecule has 0 bridgehead atoms. The minimum absolute atomic E-state index is 0.0116. The Balaban J connectivity index is 2.44. The molecule has 0 spiro atoms. The van der Waals surface area contributed by atoms with Gasteiger partial charge in [0.2, 0.25) is 0 Å². The van der Waals surface area contributed by atoms with Gasteiger partial charge in [-0.25, -0.2) is 0 Å². The van der Waals surface area contributed by atoms with Crippen LogP contribution in [0, 0.1) is 0 Å². The highest BCUT2D eigenvalue weighted by atomic mass is 35.5. The third-order valence-electron chi connectivity index (χ3n) is 3.10. The fourth-order valence-electron chi connectivity index (χ4n) is 2.22. The highest BCUT2D eigenvalue weighted by molar-refractivity contribution is 6.30. The second-order valence-electron chi connectivity index (χ2n) is 4.39. The molecule has 18 heavy (non-hydrogen) atoms. The van der Waals surface area contributed by atoms with Crippen LogP contribution in [0.25, 0.3) is 0 Å². The molecular formula is C12H13ClF3NO. The molecule has 0 radical (unpaired) electrons. The molecule has 1 aliphatic rings. The van der Waals surface area contributed by atoms with Crippen molar-refractivity contribution in [2.24, 2.45) is 0 Å². The van der Waals surface area contributed by atoms with Crippen LogP contribution in [0.3, 0.4) is 0 Å². The van der Waals surface area contributed by atoms with Gasteiger partial charge in [0.15, 0.2) is 0 Å². The normalized spacial score (nSPS) is 21.0. The average molecular weight is 280 g/mol. The lowest BCUT2D eigenvalue weighted by Gasteiger charge is -2.25. The molecule has 0 aliphatic carbocycles. The molecule has 100 valence electrons. The molecule has 2 nitrogen and oxygen atoms in total. The van der Waals surface area contributed by atoms with E-state index in [2.05, 4.69) is 5.32 Å². The van der Waals surface area contributed by atoms with E-state index in [1.807, 2.05) is 0 Å². The summed E-state index contributed by atoms with van der Waals surface area (Å²) in [6, 6.07) is 1.89. The highest BCUT2D eigenvalue weighted by Crippen LogP contribution is 2.42. The van der Waals surface area contributed by atoms with E-state index in [0.29, 0.717) is 6.42 Å². The maximum atomic E-state index is 12.7. The van der Waals surface area contributed by atoms with Crippen molar-refractivity contribution in [3.05, 3.63) is 28.3 Å². The number of hydrogen-bond acceptors (Lipinski definition) is 2. The zero-order valence-electron chi connectivity index (χ0n) is 9.52. The van der Waals surface area contributed by atoms with Crippen LogP contribution in [0.2, 0.25) is 5.02 Å². The van der Waals surface area contributed by atoms with Gasteiger partial charge in [-0.1, -0.05) is 18.0 Å². The van der Waals surface area contributed by atoms with Crippen molar-refractivity contribution in [2.75, 3.05) is 6.54 Å². The van der Waals surface area contributed by atoms with Gasteiger partial charge in [-0.3, -0.25) is 0 Å². The standard InChI is InChI=1S/C12H13ClF3NO/c13-7-5-8(10-3-1-2-4-17-10)11(18)9(6-7)12(14,15)16/h5-6,10,17-18H,1-4H2. The predicted octanol–water partition coefficient (Wildman–Crippen LogP) is 3.88. The van der Waals surface area contributed by atoms with Gasteiger partial charge in [-0.15, -0.1) is 0 Å². The molecule has 1 aliphatic heterocycles. The zero-order valence-corrected chi connectivity index (χ0v) is 10.3. The Labute approximate surface area is 108 Å². The van der Waals surface area contributed by atoms with E-state index in [1.165, 1.54) is 6.07 Å². The van der Waals surface area contributed by atoms with Crippen molar-refractivity contribution in [3.8, 4) is 5.75 Å². The van der Waals surface area contributed by atoms with Crippen molar-refractivity contribution in [1.82, 2.24) is 5.32 Å². The molecule has 1 atom stereocenters. The fraction of sp³-hybridized carbons (Fsp3) is 0.500. The molecular weight excluding hydrogens is 267 g/mol. The minimum Gasteiger partial charge on any atom is -0.507 e. The molecule has 6 heteroatoms. The van der Waals surface area contributed by atoms with Crippen LogP contribution in [0.1, 0.15) is 36.4 Å². The molecule has 0 amide bonds. The Morgan fingerprint density at radius 3 is 2.56 bits per heavy atom. The largest absolute Gasteiger partial charge is 0.507 e. The topological polar surface area (TPSA) is 32.3 Å². The van der Waals surface area contributed by atoms with Crippen molar-refractivity contribution in [3.63, 3.8) is 0 Å². The lowest BCUT2D eigenvalue weighted by molar-refractivity contribution is -0.138. The molecule has 2 N–H and O–H groups in total. The summed E-state index contributed by atoms with van der Waals surface area (Å²) in [5.74, 6) is -0.716. The summed E-state index contributed by atoms with van der Waals surface area (Å²) in [7, 11) is 0. The summed E-state index contributed by atoms with van der Waals surface area (Å²) >= 11 is 5.71. The Morgan fingerprint density at radius 2 is 2.00 bits per heavy atom. The number of aromatic hydroxyl groups is 1. The first-order valence-corrected chi connectivity index (χ1v) is 6.10. The molecule has 1 saturated heterocycles. The Kier molecular flexibility index (Phi) is 3.73. The molecule has 1 unspecified atom stereocenters. The molecule has 0 aromatic heterocycles. The van der Waals surface area contributed by atoms with Crippen molar-refractivity contribution >= 4 is 11.6 Å². The first-order valence-electron chi connectivity index (χ1n) is 5.72. The number of alkyl halides is 3. The van der Waals surface area contributed by atoms with Crippen LogP contribution in [0.4, 0.5) is 13.2 Å². The van der Waals surface area contributed by atoms with Crippen LogP contribution in [-0.4, -0.2) is 11.7 Å². The lowest BCUT2D eigenvalue weighted by atomic mass is 9.95. The number of benzene rings is 1. The Bertz CT molecular complexity index is 442. The average Bonchev–Trinajstić information content (AvgIpc) is 2.31. The van der Waals surface area contributed by atoms with Gasteiger partial charge in [0.1, 0.15) is 5.75 Å². The van der Waals surface area contributed by atoms with Gasteiger partial charge in [-0.05, 0) is 31.5 Å². The predicted molar refractivity (Wildman–Crippen MR) is 62.7 cm³/mol. The van der Waals surface area contributed by atoms with Crippen LogP contribution < -0.4 is 5.32 Å². The third kappa shape index (κ3) is 2.72. The molecule has 1 fully saturated rings. The number of rotatable bonds is 1. The maximum absolute atomic E-state index is 12.7. The van der Waals surface area contributed by atoms with Crippen molar-refractivity contribution in [1.29, 1.82) is 0 Å². The number of hydrogen-bond donors (Lipinski definition) is 2. The summed E-state index contributed by atoms with van der Waals surface area (Å²) in [6.07, 6.45) is -1.99. The van der Waals surface area contributed by atoms with E-state index in [-0.39, 0.29) is 16.6 Å². The number of halogens is 4. The third-order valence-corrected chi connectivity index (χ3v) is 3.31. The van der Waals surface area contributed by atoms with Gasteiger partial charge < -0.3 is 10.4 Å². The molecule has 1 heterocycles. The zero-order chi connectivity index (χ0) is 13.3. The van der Waals surface area contributed by atoms with Crippen molar-refractivity contribution in [2.45, 2.75) is 31.5 Å². The van der Waals surface area contributed by atoms with Gasteiger partial charge in [0.05, 0.1) is 5.56 Å². The van der Waals surface area contributed by atoms with E-state index in [9.17, 15) is 18.3 Å². The highest BCUT2D eigenvalue weighted by Gasteiger charge is 2.36. The van der Waals surface area contributed by atoms with Gasteiger partial charge >= 0.3 is 6.18 Å². The molecule has 1 aromatic carbocycles. The number of phenolic OH excluding ortho intramolecular Hbond substituents is 1. The summed E-state index contributed by atoms with van der Waals surface area (Å²) in [6.45, 7) is 0.734. The SMILES string of the molecule is Oc1c(C2CCCCN2)cc(Cl)cc1C(F)(F)F. The minimum atomic E-state index is -4.60. The van der Waals surface area contributed by atoms with Crippen LogP contribution >= 0.6 is 11.6 Å². The van der Waals surface area contributed by atoms with E-state index in [4.69, 9.17) is 11.6 Å². The summed E-state index contributed by atoms with van der Waals surface area (Å²) in [5, 5.41) is 12.9. The molecule has 0 saturated carbocycles. The first-order chi connectivity index (χ1) is 8.39. The Morgan fingerprint density at radius 1 is 1.28 bits per heavy atom. The molecule has 2 rings (SSSR count). The maximum Gasteiger partial charge on any atom is 0.420 e.